The average Bonchev–Trinajstić information content (AvgIpc) is 3.90. The molecule has 0 amide bonds. The highest BCUT2D eigenvalue weighted by Gasteiger charge is 2.26. The number of para-hydroxylation sites is 4. The van der Waals surface area contributed by atoms with Crippen molar-refractivity contribution in [3.05, 3.63) is 176 Å². The van der Waals surface area contributed by atoms with Crippen molar-refractivity contribution in [2.75, 3.05) is 0 Å². The molecule has 57 heavy (non-hydrogen) atoms. The lowest BCUT2D eigenvalue weighted by atomic mass is 9.94. The topological polar surface area (TPSA) is 61.7 Å². The van der Waals surface area contributed by atoms with Crippen LogP contribution >= 0.6 is 0 Å². The van der Waals surface area contributed by atoms with Crippen molar-refractivity contribution in [1.82, 2.24) is 24.1 Å². The lowest BCUT2D eigenvalue weighted by molar-refractivity contribution is 0.669. The van der Waals surface area contributed by atoms with Crippen LogP contribution in [0, 0.1) is 0 Å². The van der Waals surface area contributed by atoms with E-state index in [0.29, 0.717) is 17.6 Å². The Labute approximate surface area is 325 Å². The van der Waals surface area contributed by atoms with Crippen LogP contribution in [-0.4, -0.2) is 24.1 Å². The summed E-state index contributed by atoms with van der Waals surface area (Å²) in [5.74, 6) is 1.77. The molecule has 0 aliphatic carbocycles. The van der Waals surface area contributed by atoms with Crippen LogP contribution < -0.4 is 0 Å². The molecular formula is C51H29N5O. The molecule has 0 unspecified atom stereocenters. The molecule has 5 heterocycles. The molecule has 0 spiro atoms. The Kier molecular flexibility index (Phi) is 6.07. The van der Waals surface area contributed by atoms with Gasteiger partial charge in [0.1, 0.15) is 11.2 Å². The summed E-state index contributed by atoms with van der Waals surface area (Å²) in [6.45, 7) is 0. The zero-order valence-electron chi connectivity index (χ0n) is 30.4. The molecule has 0 saturated heterocycles. The first-order valence-corrected chi connectivity index (χ1v) is 19.2. The van der Waals surface area contributed by atoms with E-state index in [4.69, 9.17) is 19.4 Å². The fraction of sp³-hybridized carbons (Fsp3) is 0. The Hall–Kier alpha value is -7.83. The number of nitrogens with zero attached hydrogens (tertiary/aromatic N) is 5. The molecule has 0 radical (unpaired) electrons. The fourth-order valence-corrected chi connectivity index (χ4v) is 9.23. The standard InChI is InChI=1S/C51H29N5O/c1-2-13-30(14-3-1)49-52-50(31-25-26-47-41(27-31)36-19-8-11-24-46(36)57-47)54-51(53-49)56-43-23-10-7-18-35(43)39-28-44-40(29-45(39)56)38-21-12-20-37-33-16-5-4-15-32(33)34-17-6-9-22-42(34)55(44)48(37)38/h1-29H. The summed E-state index contributed by atoms with van der Waals surface area (Å²) in [5.41, 5.74) is 14.0. The molecule has 0 atom stereocenters. The van der Waals surface area contributed by atoms with E-state index in [9.17, 15) is 0 Å². The minimum Gasteiger partial charge on any atom is -0.456 e. The number of benzene rings is 8. The highest BCUT2D eigenvalue weighted by molar-refractivity contribution is 6.22. The first kappa shape index (κ1) is 30.5. The second-order valence-corrected chi connectivity index (χ2v) is 14.8. The zero-order chi connectivity index (χ0) is 37.2. The van der Waals surface area contributed by atoms with Gasteiger partial charge in [-0.1, -0.05) is 127 Å². The Morgan fingerprint density at radius 3 is 1.82 bits per heavy atom. The van der Waals surface area contributed by atoms with Gasteiger partial charge in [-0.05, 0) is 59.7 Å². The first-order chi connectivity index (χ1) is 28.3. The minimum absolute atomic E-state index is 0.561. The van der Waals surface area contributed by atoms with Crippen LogP contribution in [0.4, 0.5) is 0 Å². The predicted molar refractivity (Wildman–Crippen MR) is 231 cm³/mol. The average molecular weight is 728 g/mol. The van der Waals surface area contributed by atoms with Crippen molar-refractivity contribution < 1.29 is 4.42 Å². The molecule has 6 heteroatoms. The van der Waals surface area contributed by atoms with Gasteiger partial charge < -0.3 is 8.98 Å². The second kappa shape index (κ2) is 11.4. The van der Waals surface area contributed by atoms with Gasteiger partial charge in [0, 0.05) is 54.6 Å². The van der Waals surface area contributed by atoms with E-state index >= 15 is 0 Å². The van der Waals surface area contributed by atoms with E-state index in [-0.39, 0.29) is 0 Å². The summed E-state index contributed by atoms with van der Waals surface area (Å²) in [7, 11) is 0. The predicted octanol–water partition coefficient (Wildman–Crippen LogP) is 12.9. The van der Waals surface area contributed by atoms with E-state index in [1.54, 1.807) is 0 Å². The molecule has 6 nitrogen and oxygen atoms in total. The Bertz CT molecular complexity index is 3650. The first-order valence-electron chi connectivity index (χ1n) is 19.2. The highest BCUT2D eigenvalue weighted by Crippen LogP contribution is 2.48. The van der Waals surface area contributed by atoms with Crippen LogP contribution in [0.2, 0.25) is 0 Å². The van der Waals surface area contributed by atoms with Crippen LogP contribution in [0.3, 0.4) is 0 Å². The Morgan fingerprint density at radius 2 is 0.965 bits per heavy atom. The molecule has 0 N–H and O–H groups in total. The number of hydrogen-bond acceptors (Lipinski definition) is 4. The number of rotatable bonds is 3. The van der Waals surface area contributed by atoms with Gasteiger partial charge in [0.05, 0.1) is 27.8 Å². The van der Waals surface area contributed by atoms with Gasteiger partial charge in [0.2, 0.25) is 5.95 Å². The summed E-state index contributed by atoms with van der Waals surface area (Å²) >= 11 is 0. The van der Waals surface area contributed by atoms with Gasteiger partial charge in [0.15, 0.2) is 11.6 Å². The van der Waals surface area contributed by atoms with Crippen molar-refractivity contribution in [3.63, 3.8) is 0 Å². The smallest absolute Gasteiger partial charge is 0.238 e. The number of fused-ring (bicyclic) bond motifs is 14. The number of hydrogen-bond donors (Lipinski definition) is 0. The normalized spacial score (nSPS) is 12.2. The molecule has 0 bridgehead atoms. The molecule has 0 saturated carbocycles. The fourth-order valence-electron chi connectivity index (χ4n) is 9.23. The third-order valence-electron chi connectivity index (χ3n) is 11.7. The maximum Gasteiger partial charge on any atom is 0.238 e. The van der Waals surface area contributed by atoms with Crippen LogP contribution in [0.15, 0.2) is 180 Å². The second-order valence-electron chi connectivity index (χ2n) is 14.8. The van der Waals surface area contributed by atoms with Crippen LogP contribution in [0.1, 0.15) is 0 Å². The van der Waals surface area contributed by atoms with E-state index < -0.39 is 0 Å². The zero-order valence-corrected chi connectivity index (χ0v) is 30.4. The number of aromatic nitrogens is 5. The lowest BCUT2D eigenvalue weighted by Crippen LogP contribution is -2.06. The van der Waals surface area contributed by atoms with Crippen molar-refractivity contribution in [3.8, 4) is 56.7 Å². The summed E-state index contributed by atoms with van der Waals surface area (Å²) in [4.78, 5) is 15.7. The monoisotopic (exact) mass is 727 g/mol. The van der Waals surface area contributed by atoms with Crippen molar-refractivity contribution in [2.45, 2.75) is 0 Å². The SMILES string of the molecule is c1ccc(-c2nc(-c3ccc4oc5ccccc5c4c3)nc(-n3c4ccccc4c4cc5c(cc43)c3cccc4c3n5-c3ccccc3-c3ccccc3-4)n2)cc1. The van der Waals surface area contributed by atoms with Gasteiger partial charge in [-0.2, -0.15) is 9.97 Å². The molecule has 12 aromatic rings. The van der Waals surface area contributed by atoms with Crippen LogP contribution in [0.5, 0.6) is 0 Å². The maximum atomic E-state index is 6.19. The van der Waals surface area contributed by atoms with Crippen LogP contribution in [-0.2, 0) is 0 Å². The summed E-state index contributed by atoms with van der Waals surface area (Å²) in [6.07, 6.45) is 0. The third kappa shape index (κ3) is 4.26. The quantitative estimate of drug-likeness (QED) is 0.182. The molecule has 1 aliphatic heterocycles. The van der Waals surface area contributed by atoms with Gasteiger partial charge in [-0.3, -0.25) is 4.57 Å². The molecule has 8 aromatic carbocycles. The third-order valence-corrected chi connectivity index (χ3v) is 11.7. The van der Waals surface area contributed by atoms with Gasteiger partial charge in [0.25, 0.3) is 0 Å². The molecular weight excluding hydrogens is 699 g/mol. The van der Waals surface area contributed by atoms with E-state index in [2.05, 4.69) is 137 Å². The highest BCUT2D eigenvalue weighted by atomic mass is 16.3. The minimum atomic E-state index is 0.561. The van der Waals surface area contributed by atoms with Gasteiger partial charge in [-0.25, -0.2) is 4.98 Å². The van der Waals surface area contributed by atoms with Gasteiger partial charge >= 0.3 is 0 Å². The van der Waals surface area contributed by atoms with Crippen molar-refractivity contribution in [1.29, 1.82) is 0 Å². The van der Waals surface area contributed by atoms with Gasteiger partial charge in [-0.15, -0.1) is 0 Å². The molecule has 1 aliphatic rings. The van der Waals surface area contributed by atoms with Crippen LogP contribution in [0.25, 0.3) is 122 Å². The van der Waals surface area contributed by atoms with E-state index in [1.807, 2.05) is 48.5 Å². The van der Waals surface area contributed by atoms with E-state index in [0.717, 1.165) is 60.4 Å². The molecule has 264 valence electrons. The molecule has 13 rings (SSSR count). The maximum absolute atomic E-state index is 6.19. The Balaban J connectivity index is 1.12. The molecule has 4 aromatic heterocycles. The largest absolute Gasteiger partial charge is 0.456 e. The summed E-state index contributed by atoms with van der Waals surface area (Å²) in [5, 5.41) is 6.73. The van der Waals surface area contributed by atoms with Crippen molar-refractivity contribution >= 4 is 65.6 Å². The van der Waals surface area contributed by atoms with Crippen molar-refractivity contribution in [2.24, 2.45) is 0 Å². The number of furan rings is 1. The Morgan fingerprint density at radius 1 is 0.351 bits per heavy atom. The molecule has 0 fully saturated rings. The summed E-state index contributed by atoms with van der Waals surface area (Å²) in [6, 6.07) is 62.1. The lowest BCUT2D eigenvalue weighted by Gasteiger charge is -2.12. The van der Waals surface area contributed by atoms with E-state index in [1.165, 1.54) is 44.2 Å². The summed E-state index contributed by atoms with van der Waals surface area (Å²) < 4.78 is 10.9.